The van der Waals surface area contributed by atoms with Crippen molar-refractivity contribution in [1.29, 1.82) is 0 Å². The van der Waals surface area contributed by atoms with Gasteiger partial charge in [0.15, 0.2) is 6.10 Å². The maximum Gasteiger partial charge on any atom is 0.472 e. The van der Waals surface area contributed by atoms with Gasteiger partial charge in [0.25, 0.3) is 0 Å². The number of hydrogen-bond acceptors (Lipinski definition) is 10. The zero-order chi connectivity index (χ0) is 38.4. The molecule has 0 saturated heterocycles. The van der Waals surface area contributed by atoms with Crippen molar-refractivity contribution in [1.82, 2.24) is 0 Å². The Labute approximate surface area is 308 Å². The molecule has 15 heteroatoms. The Bertz CT molecular complexity index is 961. The van der Waals surface area contributed by atoms with Crippen molar-refractivity contribution in [3.63, 3.8) is 0 Å². The summed E-state index contributed by atoms with van der Waals surface area (Å²) in [5, 5.41) is 9.71. The van der Waals surface area contributed by atoms with Gasteiger partial charge in [0.1, 0.15) is 12.7 Å². The van der Waals surface area contributed by atoms with Crippen LogP contribution in [0.15, 0.2) is 0 Å². The summed E-state index contributed by atoms with van der Waals surface area (Å²) in [5.41, 5.74) is 0. The van der Waals surface area contributed by atoms with E-state index >= 15 is 0 Å². The fraction of sp³-hybridized carbons (Fsp3) is 0.944. The standard InChI is InChI=1S/C36H72O13P2/c1-5-31(3)23-19-15-11-9-7-8-10-12-18-22-26-36(39)49-34(30-48-51(43,44)47-28-33(37)27-46-50(40,41)42)29-45-35(38)25-21-17-14-13-16-20-24-32(4)6-2/h31-34,37H,5-30H2,1-4H3,(H,43,44)(H2,40,41,42)/t31?,32?,33-,34+/m0/s1. The summed E-state index contributed by atoms with van der Waals surface area (Å²) in [6.07, 6.45) is 19.8. The van der Waals surface area contributed by atoms with Crippen LogP contribution in [0.4, 0.5) is 0 Å². The van der Waals surface area contributed by atoms with Crippen molar-refractivity contribution in [2.24, 2.45) is 11.8 Å². The predicted octanol–water partition coefficient (Wildman–Crippen LogP) is 8.94. The lowest BCUT2D eigenvalue weighted by Crippen LogP contribution is -2.30. The molecule has 0 aliphatic carbocycles. The SMILES string of the molecule is CCC(C)CCCCCCCCCCCCC(=O)O[C@H](COC(=O)CCCCCCCCC(C)CC)COP(=O)(O)OC[C@@H](O)COP(=O)(O)O. The van der Waals surface area contributed by atoms with E-state index in [-0.39, 0.29) is 19.4 Å². The van der Waals surface area contributed by atoms with Crippen molar-refractivity contribution in [3.05, 3.63) is 0 Å². The van der Waals surface area contributed by atoms with Gasteiger partial charge in [0.2, 0.25) is 0 Å². The molecule has 0 aliphatic heterocycles. The van der Waals surface area contributed by atoms with E-state index in [4.69, 9.17) is 23.8 Å². The largest absolute Gasteiger partial charge is 0.472 e. The Morgan fingerprint density at radius 1 is 0.549 bits per heavy atom. The molecule has 0 aromatic rings. The van der Waals surface area contributed by atoms with Crippen LogP contribution in [0.5, 0.6) is 0 Å². The van der Waals surface area contributed by atoms with E-state index in [1.54, 1.807) is 0 Å². The zero-order valence-electron chi connectivity index (χ0n) is 32.1. The lowest BCUT2D eigenvalue weighted by Gasteiger charge is -2.20. The molecular formula is C36H72O13P2. The Balaban J connectivity index is 4.58. The second kappa shape index (κ2) is 31.5. The predicted molar refractivity (Wildman–Crippen MR) is 198 cm³/mol. The maximum atomic E-state index is 12.6. The number of unbranched alkanes of at least 4 members (excludes halogenated alkanes) is 14. The fourth-order valence-corrected chi connectivity index (χ4v) is 6.45. The first-order valence-electron chi connectivity index (χ1n) is 19.5. The minimum atomic E-state index is -4.85. The van der Waals surface area contributed by atoms with E-state index in [0.717, 1.165) is 50.4 Å². The monoisotopic (exact) mass is 774 g/mol. The minimum Gasteiger partial charge on any atom is -0.462 e. The highest BCUT2D eigenvalue weighted by molar-refractivity contribution is 7.47. The van der Waals surface area contributed by atoms with Crippen LogP contribution in [0.3, 0.4) is 0 Å². The summed E-state index contributed by atoms with van der Waals surface area (Å²) >= 11 is 0. The molecule has 0 saturated carbocycles. The maximum absolute atomic E-state index is 12.6. The number of esters is 2. The van der Waals surface area contributed by atoms with Crippen LogP contribution in [0.2, 0.25) is 0 Å². The van der Waals surface area contributed by atoms with Gasteiger partial charge in [-0.1, -0.05) is 143 Å². The highest BCUT2D eigenvalue weighted by Gasteiger charge is 2.28. The van der Waals surface area contributed by atoms with Crippen LogP contribution >= 0.6 is 15.6 Å². The minimum absolute atomic E-state index is 0.136. The first kappa shape index (κ1) is 50.1. The third-order valence-corrected chi connectivity index (χ3v) is 10.5. The van der Waals surface area contributed by atoms with Crippen LogP contribution in [0, 0.1) is 11.8 Å². The van der Waals surface area contributed by atoms with Gasteiger partial charge >= 0.3 is 27.6 Å². The van der Waals surface area contributed by atoms with Crippen LogP contribution < -0.4 is 0 Å². The van der Waals surface area contributed by atoms with Gasteiger partial charge in [-0.3, -0.25) is 23.2 Å². The summed E-state index contributed by atoms with van der Waals surface area (Å²) in [4.78, 5) is 52.4. The summed E-state index contributed by atoms with van der Waals surface area (Å²) in [5.74, 6) is 0.547. The van der Waals surface area contributed by atoms with E-state index < -0.39 is 59.6 Å². The molecule has 3 unspecified atom stereocenters. The molecule has 0 radical (unpaired) electrons. The molecule has 0 aliphatic rings. The van der Waals surface area contributed by atoms with Gasteiger partial charge in [-0.2, -0.15) is 0 Å². The Kier molecular flexibility index (Phi) is 30.9. The third-order valence-electron chi connectivity index (χ3n) is 9.07. The smallest absolute Gasteiger partial charge is 0.462 e. The quantitative estimate of drug-likeness (QED) is 0.0268. The number of carbonyl (C=O) groups excluding carboxylic acids is 2. The number of carbonyl (C=O) groups is 2. The van der Waals surface area contributed by atoms with Crippen molar-refractivity contribution in [2.45, 2.75) is 181 Å². The average molecular weight is 775 g/mol. The van der Waals surface area contributed by atoms with Gasteiger partial charge in [0.05, 0.1) is 19.8 Å². The fourth-order valence-electron chi connectivity index (χ4n) is 5.30. The van der Waals surface area contributed by atoms with Crippen LogP contribution in [-0.4, -0.2) is 70.4 Å². The van der Waals surface area contributed by atoms with E-state index in [2.05, 4.69) is 36.7 Å². The Morgan fingerprint density at radius 3 is 1.39 bits per heavy atom. The Morgan fingerprint density at radius 2 is 0.941 bits per heavy atom. The van der Waals surface area contributed by atoms with Gasteiger partial charge < -0.3 is 29.3 Å². The molecule has 0 spiro atoms. The van der Waals surface area contributed by atoms with Gasteiger partial charge in [0, 0.05) is 12.8 Å². The lowest BCUT2D eigenvalue weighted by molar-refractivity contribution is -0.161. The van der Waals surface area contributed by atoms with E-state index in [1.807, 2.05) is 0 Å². The molecule has 51 heavy (non-hydrogen) atoms. The second-order valence-electron chi connectivity index (χ2n) is 14.1. The van der Waals surface area contributed by atoms with Crippen molar-refractivity contribution in [3.8, 4) is 0 Å². The molecule has 304 valence electrons. The number of ether oxygens (including phenoxy) is 2. The summed E-state index contributed by atoms with van der Waals surface area (Å²) in [6, 6.07) is 0. The molecule has 0 bridgehead atoms. The number of rotatable bonds is 36. The van der Waals surface area contributed by atoms with Crippen molar-refractivity contribution >= 4 is 27.6 Å². The molecule has 0 aromatic carbocycles. The zero-order valence-corrected chi connectivity index (χ0v) is 33.8. The van der Waals surface area contributed by atoms with Crippen LogP contribution in [-0.2, 0) is 41.8 Å². The molecule has 0 fully saturated rings. The highest BCUT2D eigenvalue weighted by atomic mass is 31.2. The van der Waals surface area contributed by atoms with Crippen molar-refractivity contribution in [2.75, 3.05) is 26.4 Å². The topological polar surface area (TPSA) is 195 Å². The molecule has 0 amide bonds. The number of aliphatic hydroxyl groups excluding tert-OH is 1. The van der Waals surface area contributed by atoms with E-state index in [9.17, 15) is 28.7 Å². The molecule has 13 nitrogen and oxygen atoms in total. The summed E-state index contributed by atoms with van der Waals surface area (Å²) in [6.45, 7) is 6.34. The first-order valence-corrected chi connectivity index (χ1v) is 22.5. The molecule has 5 atom stereocenters. The number of phosphoric ester groups is 2. The first-order chi connectivity index (χ1) is 24.2. The Hall–Kier alpha value is -0.880. The highest BCUT2D eigenvalue weighted by Crippen LogP contribution is 2.43. The van der Waals surface area contributed by atoms with Crippen LogP contribution in [0.1, 0.15) is 169 Å². The molecule has 0 aromatic heterocycles. The summed E-state index contributed by atoms with van der Waals surface area (Å²) < 4.78 is 47.6. The van der Waals surface area contributed by atoms with E-state index in [1.165, 1.54) is 77.0 Å². The number of hydrogen-bond donors (Lipinski definition) is 4. The van der Waals surface area contributed by atoms with Gasteiger partial charge in [-0.25, -0.2) is 9.13 Å². The molecule has 4 N–H and O–H groups in total. The van der Waals surface area contributed by atoms with Gasteiger partial charge in [-0.15, -0.1) is 0 Å². The normalized spacial score (nSPS) is 15.5. The van der Waals surface area contributed by atoms with Gasteiger partial charge in [-0.05, 0) is 24.7 Å². The third kappa shape index (κ3) is 34.6. The van der Waals surface area contributed by atoms with Crippen molar-refractivity contribution < 1.29 is 61.6 Å². The van der Waals surface area contributed by atoms with E-state index in [0.29, 0.717) is 12.8 Å². The molecule has 0 rings (SSSR count). The molecular weight excluding hydrogens is 702 g/mol. The number of phosphoric acid groups is 2. The summed E-state index contributed by atoms with van der Waals surface area (Å²) in [7, 11) is -9.64. The molecule has 0 heterocycles. The van der Waals surface area contributed by atoms with Crippen LogP contribution in [0.25, 0.3) is 0 Å². The second-order valence-corrected chi connectivity index (χ2v) is 16.7. The number of aliphatic hydroxyl groups is 1. The average Bonchev–Trinajstić information content (AvgIpc) is 3.08. The lowest BCUT2D eigenvalue weighted by atomic mass is 9.99.